The predicted octanol–water partition coefficient (Wildman–Crippen LogP) is 7.16. The SMILES string of the molecule is CCCc1ccc(C(C)C(C)c2ccccc2O)c(CCC)c1CCC. The molecule has 26 heavy (non-hydrogen) atoms. The molecule has 0 aliphatic rings. The third kappa shape index (κ3) is 4.50. The molecule has 0 fully saturated rings. The Kier molecular flexibility index (Phi) is 7.75. The number of aromatic hydroxyl groups is 1. The summed E-state index contributed by atoms with van der Waals surface area (Å²) in [5, 5.41) is 10.3. The maximum absolute atomic E-state index is 10.3. The molecule has 0 saturated carbocycles. The summed E-state index contributed by atoms with van der Waals surface area (Å²) in [5.41, 5.74) is 7.26. The number of rotatable bonds is 9. The Morgan fingerprint density at radius 1 is 0.692 bits per heavy atom. The van der Waals surface area contributed by atoms with Crippen molar-refractivity contribution in [2.24, 2.45) is 0 Å². The highest BCUT2D eigenvalue weighted by atomic mass is 16.3. The van der Waals surface area contributed by atoms with Gasteiger partial charge in [-0.2, -0.15) is 0 Å². The second-order valence-corrected chi connectivity index (χ2v) is 7.66. The fraction of sp³-hybridized carbons (Fsp3) is 0.520. The van der Waals surface area contributed by atoms with Gasteiger partial charge in [0.1, 0.15) is 5.75 Å². The molecule has 0 heterocycles. The molecule has 2 atom stereocenters. The lowest BCUT2D eigenvalue weighted by Gasteiger charge is -2.27. The van der Waals surface area contributed by atoms with Crippen molar-refractivity contribution in [2.45, 2.75) is 85.0 Å². The van der Waals surface area contributed by atoms with E-state index in [0.717, 1.165) is 12.0 Å². The summed E-state index contributed by atoms with van der Waals surface area (Å²) in [6.07, 6.45) is 7.08. The van der Waals surface area contributed by atoms with Crippen LogP contribution in [0.3, 0.4) is 0 Å². The molecule has 0 aliphatic carbocycles. The van der Waals surface area contributed by atoms with Gasteiger partial charge in [0.2, 0.25) is 0 Å². The summed E-state index contributed by atoms with van der Waals surface area (Å²) in [6, 6.07) is 12.5. The molecule has 2 aromatic rings. The van der Waals surface area contributed by atoms with Gasteiger partial charge < -0.3 is 5.11 Å². The Morgan fingerprint density at radius 2 is 1.27 bits per heavy atom. The van der Waals surface area contributed by atoms with Crippen molar-refractivity contribution < 1.29 is 5.11 Å². The first kappa shape index (κ1) is 20.6. The molecule has 1 heteroatoms. The Labute approximate surface area is 160 Å². The van der Waals surface area contributed by atoms with Crippen LogP contribution < -0.4 is 0 Å². The zero-order valence-corrected chi connectivity index (χ0v) is 17.3. The van der Waals surface area contributed by atoms with Crippen molar-refractivity contribution in [2.75, 3.05) is 0 Å². The third-order valence-electron chi connectivity index (χ3n) is 5.75. The first-order chi connectivity index (χ1) is 12.5. The number of phenolic OH excluding ortho intramolecular Hbond substituents is 1. The molecule has 0 spiro atoms. The normalized spacial score (nSPS) is 13.6. The van der Waals surface area contributed by atoms with Crippen LogP contribution in [-0.4, -0.2) is 5.11 Å². The van der Waals surface area contributed by atoms with Gasteiger partial charge in [0.15, 0.2) is 0 Å². The van der Waals surface area contributed by atoms with E-state index < -0.39 is 0 Å². The van der Waals surface area contributed by atoms with E-state index in [4.69, 9.17) is 0 Å². The Balaban J connectivity index is 2.49. The second-order valence-electron chi connectivity index (χ2n) is 7.66. The average Bonchev–Trinajstić information content (AvgIpc) is 2.64. The lowest BCUT2D eigenvalue weighted by molar-refractivity contribution is 0.456. The standard InChI is InChI=1S/C25H36O/c1-6-11-20-16-17-21(24(13-8-3)23(20)12-7-2)18(4)19(5)22-14-9-10-15-25(22)26/h9-10,14-19,26H,6-8,11-13H2,1-5H3. The summed E-state index contributed by atoms with van der Waals surface area (Å²) in [4.78, 5) is 0. The van der Waals surface area contributed by atoms with Crippen molar-refractivity contribution in [3.8, 4) is 5.75 Å². The van der Waals surface area contributed by atoms with E-state index in [0.29, 0.717) is 17.6 Å². The predicted molar refractivity (Wildman–Crippen MR) is 113 cm³/mol. The van der Waals surface area contributed by atoms with E-state index in [1.165, 1.54) is 37.7 Å². The molecule has 0 radical (unpaired) electrons. The molecule has 0 aliphatic heterocycles. The van der Waals surface area contributed by atoms with Crippen molar-refractivity contribution in [3.63, 3.8) is 0 Å². The molecule has 2 rings (SSSR count). The zero-order valence-electron chi connectivity index (χ0n) is 17.3. The van der Waals surface area contributed by atoms with Gasteiger partial charge in [-0.15, -0.1) is 0 Å². The highest BCUT2D eigenvalue weighted by Crippen LogP contribution is 2.39. The first-order valence-corrected chi connectivity index (χ1v) is 10.5. The van der Waals surface area contributed by atoms with Gasteiger partial charge in [0.05, 0.1) is 0 Å². The van der Waals surface area contributed by atoms with Crippen LogP contribution in [0.25, 0.3) is 0 Å². The fourth-order valence-corrected chi connectivity index (χ4v) is 4.21. The third-order valence-corrected chi connectivity index (χ3v) is 5.75. The van der Waals surface area contributed by atoms with Gasteiger partial charge in [-0.3, -0.25) is 0 Å². The smallest absolute Gasteiger partial charge is 0.119 e. The van der Waals surface area contributed by atoms with Gasteiger partial charge in [-0.1, -0.05) is 84.2 Å². The van der Waals surface area contributed by atoms with Gasteiger partial charge in [0, 0.05) is 0 Å². The average molecular weight is 353 g/mol. The van der Waals surface area contributed by atoms with Crippen molar-refractivity contribution in [1.29, 1.82) is 0 Å². The number of hydrogen-bond acceptors (Lipinski definition) is 1. The minimum atomic E-state index is 0.290. The van der Waals surface area contributed by atoms with E-state index in [2.05, 4.69) is 52.8 Å². The number of para-hydroxylation sites is 1. The van der Waals surface area contributed by atoms with Crippen LogP contribution in [0.2, 0.25) is 0 Å². The van der Waals surface area contributed by atoms with Crippen LogP contribution in [0.15, 0.2) is 36.4 Å². The maximum Gasteiger partial charge on any atom is 0.119 e. The summed E-state index contributed by atoms with van der Waals surface area (Å²) >= 11 is 0. The summed E-state index contributed by atoms with van der Waals surface area (Å²) in [6.45, 7) is 11.4. The molecule has 2 aromatic carbocycles. The topological polar surface area (TPSA) is 20.2 Å². The zero-order chi connectivity index (χ0) is 19.1. The molecular formula is C25H36O. The van der Waals surface area contributed by atoms with Crippen LogP contribution in [0.4, 0.5) is 0 Å². The first-order valence-electron chi connectivity index (χ1n) is 10.5. The lowest BCUT2D eigenvalue weighted by atomic mass is 9.78. The highest BCUT2D eigenvalue weighted by Gasteiger charge is 2.23. The van der Waals surface area contributed by atoms with Gasteiger partial charge >= 0.3 is 0 Å². The van der Waals surface area contributed by atoms with Crippen LogP contribution in [0, 0.1) is 0 Å². The molecular weight excluding hydrogens is 316 g/mol. The monoisotopic (exact) mass is 352 g/mol. The summed E-state index contributed by atoms with van der Waals surface area (Å²) < 4.78 is 0. The number of phenols is 1. The molecule has 1 nitrogen and oxygen atoms in total. The van der Waals surface area contributed by atoms with Crippen LogP contribution >= 0.6 is 0 Å². The Hall–Kier alpha value is -1.76. The summed E-state index contributed by atoms with van der Waals surface area (Å²) in [7, 11) is 0. The number of benzene rings is 2. The van der Waals surface area contributed by atoms with Crippen LogP contribution in [0.1, 0.15) is 93.5 Å². The van der Waals surface area contributed by atoms with Gasteiger partial charge in [0.25, 0.3) is 0 Å². The van der Waals surface area contributed by atoms with Crippen molar-refractivity contribution in [3.05, 3.63) is 64.2 Å². The van der Waals surface area contributed by atoms with E-state index >= 15 is 0 Å². The Morgan fingerprint density at radius 3 is 1.88 bits per heavy atom. The van der Waals surface area contributed by atoms with Gasteiger partial charge in [-0.05, 0) is 65.0 Å². The maximum atomic E-state index is 10.3. The van der Waals surface area contributed by atoms with Crippen LogP contribution in [-0.2, 0) is 19.3 Å². The van der Waals surface area contributed by atoms with Crippen molar-refractivity contribution >= 4 is 0 Å². The second kappa shape index (κ2) is 9.80. The molecule has 142 valence electrons. The molecule has 0 saturated heterocycles. The molecule has 0 aromatic heterocycles. The number of hydrogen-bond donors (Lipinski definition) is 1. The van der Waals surface area contributed by atoms with E-state index in [1.807, 2.05) is 12.1 Å². The minimum absolute atomic E-state index is 0.290. The van der Waals surface area contributed by atoms with E-state index in [-0.39, 0.29) is 0 Å². The minimum Gasteiger partial charge on any atom is -0.508 e. The van der Waals surface area contributed by atoms with Crippen molar-refractivity contribution in [1.82, 2.24) is 0 Å². The summed E-state index contributed by atoms with van der Waals surface area (Å²) in [5.74, 6) is 1.09. The fourth-order valence-electron chi connectivity index (χ4n) is 4.21. The highest BCUT2D eigenvalue weighted by molar-refractivity contribution is 5.45. The largest absolute Gasteiger partial charge is 0.508 e. The van der Waals surface area contributed by atoms with E-state index in [1.54, 1.807) is 22.8 Å². The molecule has 0 amide bonds. The molecule has 0 bridgehead atoms. The van der Waals surface area contributed by atoms with E-state index in [9.17, 15) is 5.11 Å². The van der Waals surface area contributed by atoms with Crippen LogP contribution in [0.5, 0.6) is 5.75 Å². The molecule has 2 unspecified atom stereocenters. The molecule has 1 N–H and O–H groups in total. The lowest BCUT2D eigenvalue weighted by Crippen LogP contribution is -2.11. The van der Waals surface area contributed by atoms with Gasteiger partial charge in [-0.25, -0.2) is 0 Å². The number of aryl methyl sites for hydroxylation is 1. The quantitative estimate of drug-likeness (QED) is 0.507. The Bertz CT molecular complexity index is 701.